The highest BCUT2D eigenvalue weighted by Gasteiger charge is 2.17. The smallest absolute Gasteiger partial charge is 0.322 e. The van der Waals surface area contributed by atoms with Crippen molar-refractivity contribution >= 4 is 37.6 Å². The lowest BCUT2D eigenvalue weighted by Gasteiger charge is -2.07. The zero-order valence-corrected chi connectivity index (χ0v) is 10.7. The minimum absolute atomic E-state index is 0.270. The lowest BCUT2D eigenvalue weighted by Crippen LogP contribution is -2.23. The second-order valence-electron chi connectivity index (χ2n) is 2.78. The topological polar surface area (TPSA) is 85.4 Å². The summed E-state index contributed by atoms with van der Waals surface area (Å²) in [6.07, 6.45) is 1.50. The molecule has 0 saturated carbocycles. The van der Waals surface area contributed by atoms with Crippen LogP contribution in [0.25, 0.3) is 0 Å². The molecule has 8 heteroatoms. The summed E-state index contributed by atoms with van der Waals surface area (Å²) in [4.78, 5) is 14.7. The van der Waals surface area contributed by atoms with E-state index in [0.717, 1.165) is 7.11 Å². The predicted octanol–water partition coefficient (Wildman–Crippen LogP) is 0.759. The number of anilines is 1. The predicted molar refractivity (Wildman–Crippen MR) is 61.4 cm³/mol. The third kappa shape index (κ3) is 3.78. The van der Waals surface area contributed by atoms with Crippen molar-refractivity contribution in [1.82, 2.24) is 4.98 Å². The molecule has 0 aliphatic carbocycles. The first kappa shape index (κ1) is 12.9. The van der Waals surface area contributed by atoms with Gasteiger partial charge in [-0.3, -0.25) is 9.52 Å². The molecule has 1 heterocycles. The van der Waals surface area contributed by atoms with Crippen molar-refractivity contribution < 1.29 is 17.9 Å². The molecule has 1 N–H and O–H groups in total. The van der Waals surface area contributed by atoms with E-state index in [2.05, 4.69) is 30.4 Å². The average molecular weight is 309 g/mol. The number of carbonyl (C=O) groups is 1. The van der Waals surface area contributed by atoms with Crippen LogP contribution in [0, 0.1) is 0 Å². The molecule has 1 aromatic rings. The van der Waals surface area contributed by atoms with Gasteiger partial charge in [0.2, 0.25) is 10.0 Å². The van der Waals surface area contributed by atoms with Gasteiger partial charge in [-0.15, -0.1) is 0 Å². The van der Waals surface area contributed by atoms with Crippen LogP contribution in [-0.2, 0) is 19.6 Å². The van der Waals surface area contributed by atoms with Crippen molar-refractivity contribution in [3.63, 3.8) is 0 Å². The van der Waals surface area contributed by atoms with Gasteiger partial charge in [-0.25, -0.2) is 13.4 Å². The van der Waals surface area contributed by atoms with Crippen LogP contribution >= 0.6 is 15.9 Å². The van der Waals surface area contributed by atoms with Crippen LogP contribution in [0.4, 0.5) is 5.69 Å². The molecule has 0 saturated heterocycles. The largest absolute Gasteiger partial charge is 0.468 e. The van der Waals surface area contributed by atoms with E-state index in [1.54, 1.807) is 6.07 Å². The standard InChI is InChI=1S/C8H9BrN2O4S/c1-15-7(12)5-16(13,14)11-6-3-2-4-10-8(6)9/h2-4,11H,5H2,1H3. The van der Waals surface area contributed by atoms with Crippen molar-refractivity contribution in [1.29, 1.82) is 0 Å². The number of ether oxygens (including phenoxy) is 1. The van der Waals surface area contributed by atoms with Crippen molar-refractivity contribution in [2.45, 2.75) is 0 Å². The fraction of sp³-hybridized carbons (Fsp3) is 0.250. The number of methoxy groups -OCH3 is 1. The number of carbonyl (C=O) groups excluding carboxylic acids is 1. The molecule has 0 fully saturated rings. The van der Waals surface area contributed by atoms with E-state index >= 15 is 0 Å². The summed E-state index contributed by atoms with van der Waals surface area (Å²) >= 11 is 3.08. The van der Waals surface area contributed by atoms with Crippen molar-refractivity contribution in [3.05, 3.63) is 22.9 Å². The maximum Gasteiger partial charge on any atom is 0.322 e. The number of aromatic nitrogens is 1. The van der Waals surface area contributed by atoms with Crippen LogP contribution in [0.1, 0.15) is 0 Å². The molecule has 0 unspecified atom stereocenters. The molecule has 0 aliphatic rings. The van der Waals surface area contributed by atoms with E-state index in [9.17, 15) is 13.2 Å². The summed E-state index contributed by atoms with van der Waals surface area (Å²) in [5.74, 6) is -1.56. The first-order valence-electron chi connectivity index (χ1n) is 4.12. The molecule has 0 aliphatic heterocycles. The van der Waals surface area contributed by atoms with E-state index in [0.29, 0.717) is 4.60 Å². The third-order valence-electron chi connectivity index (χ3n) is 1.56. The Balaban J connectivity index is 2.81. The minimum atomic E-state index is -3.76. The Labute approximate surface area is 101 Å². The van der Waals surface area contributed by atoms with Crippen molar-refractivity contribution in [2.24, 2.45) is 0 Å². The molecule has 1 aromatic heterocycles. The normalized spacial score (nSPS) is 10.9. The lowest BCUT2D eigenvalue weighted by atomic mass is 10.4. The molecular weight excluding hydrogens is 300 g/mol. The van der Waals surface area contributed by atoms with Gasteiger partial charge in [-0.2, -0.15) is 0 Å². The third-order valence-corrected chi connectivity index (χ3v) is 3.34. The number of rotatable bonds is 4. The lowest BCUT2D eigenvalue weighted by molar-refractivity contribution is -0.137. The molecule has 0 radical (unpaired) electrons. The van der Waals surface area contributed by atoms with Gasteiger partial charge in [0.1, 0.15) is 4.60 Å². The van der Waals surface area contributed by atoms with Gasteiger partial charge in [-0.05, 0) is 28.1 Å². The number of hydrogen-bond donors (Lipinski definition) is 1. The number of sulfonamides is 1. The first-order valence-corrected chi connectivity index (χ1v) is 6.57. The molecule has 0 bridgehead atoms. The molecule has 0 spiro atoms. The van der Waals surface area contributed by atoms with Gasteiger partial charge in [-0.1, -0.05) is 0 Å². The van der Waals surface area contributed by atoms with E-state index in [1.165, 1.54) is 12.3 Å². The van der Waals surface area contributed by atoms with E-state index in [-0.39, 0.29) is 5.69 Å². The second kappa shape index (κ2) is 5.26. The Morgan fingerprint density at radius 2 is 2.31 bits per heavy atom. The minimum Gasteiger partial charge on any atom is -0.468 e. The highest BCUT2D eigenvalue weighted by Crippen LogP contribution is 2.19. The Kier molecular flexibility index (Phi) is 4.25. The zero-order valence-electron chi connectivity index (χ0n) is 8.31. The van der Waals surface area contributed by atoms with Gasteiger partial charge in [0, 0.05) is 6.20 Å². The monoisotopic (exact) mass is 308 g/mol. The number of nitrogens with one attached hydrogen (secondary N) is 1. The maximum absolute atomic E-state index is 11.5. The highest BCUT2D eigenvalue weighted by atomic mass is 79.9. The molecule has 0 amide bonds. The van der Waals surface area contributed by atoms with Gasteiger partial charge in [0.25, 0.3) is 0 Å². The quantitative estimate of drug-likeness (QED) is 0.655. The Morgan fingerprint density at radius 1 is 1.62 bits per heavy atom. The first-order chi connectivity index (χ1) is 7.44. The van der Waals surface area contributed by atoms with Gasteiger partial charge >= 0.3 is 5.97 Å². The SMILES string of the molecule is COC(=O)CS(=O)(=O)Nc1cccnc1Br. The van der Waals surface area contributed by atoms with Crippen LogP contribution in [0.5, 0.6) is 0 Å². The summed E-state index contributed by atoms with van der Waals surface area (Å²) in [5.41, 5.74) is 0.270. The molecule has 1 rings (SSSR count). The molecular formula is C8H9BrN2O4S. The van der Waals surface area contributed by atoms with Gasteiger partial charge in [0.15, 0.2) is 5.75 Å². The molecule has 16 heavy (non-hydrogen) atoms. The number of esters is 1. The number of nitrogens with zero attached hydrogens (tertiary/aromatic N) is 1. The van der Waals surface area contributed by atoms with E-state index < -0.39 is 21.7 Å². The fourth-order valence-corrected chi connectivity index (χ4v) is 2.36. The second-order valence-corrected chi connectivity index (χ2v) is 5.25. The maximum atomic E-state index is 11.5. The average Bonchev–Trinajstić information content (AvgIpc) is 2.20. The molecule has 0 atom stereocenters. The van der Waals surface area contributed by atoms with Gasteiger partial charge < -0.3 is 4.74 Å². The van der Waals surface area contributed by atoms with Crippen LogP contribution in [0.3, 0.4) is 0 Å². The van der Waals surface area contributed by atoms with E-state index in [4.69, 9.17) is 0 Å². The van der Waals surface area contributed by atoms with Crippen LogP contribution in [0.2, 0.25) is 0 Å². The summed E-state index contributed by atoms with van der Waals surface area (Å²) < 4.78 is 29.8. The summed E-state index contributed by atoms with van der Waals surface area (Å²) in [7, 11) is -2.64. The van der Waals surface area contributed by atoms with Crippen LogP contribution in [0.15, 0.2) is 22.9 Å². The van der Waals surface area contributed by atoms with Crippen LogP contribution < -0.4 is 4.72 Å². The van der Waals surface area contributed by atoms with Crippen molar-refractivity contribution in [3.8, 4) is 0 Å². The molecule has 0 aromatic carbocycles. The Bertz CT molecular complexity index is 489. The Hall–Kier alpha value is -1.15. The number of halogens is 1. The highest BCUT2D eigenvalue weighted by molar-refractivity contribution is 9.10. The summed E-state index contributed by atoms with van der Waals surface area (Å²) in [5, 5.41) is 0. The Morgan fingerprint density at radius 3 is 2.88 bits per heavy atom. The summed E-state index contributed by atoms with van der Waals surface area (Å²) in [6, 6.07) is 3.09. The molecule has 6 nitrogen and oxygen atoms in total. The zero-order chi connectivity index (χ0) is 12.2. The van der Waals surface area contributed by atoms with Gasteiger partial charge in [0.05, 0.1) is 12.8 Å². The van der Waals surface area contributed by atoms with Crippen molar-refractivity contribution in [2.75, 3.05) is 17.6 Å². The fourth-order valence-electron chi connectivity index (χ4n) is 0.880. The van der Waals surface area contributed by atoms with E-state index in [1.807, 2.05) is 0 Å². The molecule has 88 valence electrons. The summed E-state index contributed by atoms with van der Waals surface area (Å²) in [6.45, 7) is 0. The number of hydrogen-bond acceptors (Lipinski definition) is 5. The number of pyridine rings is 1. The van der Waals surface area contributed by atoms with Crippen LogP contribution in [-0.4, -0.2) is 32.2 Å².